The number of hydrogen-bond acceptors (Lipinski definition) is 6. The number of pyridine rings is 2. The molecule has 2 aromatic heterocycles. The summed E-state index contributed by atoms with van der Waals surface area (Å²) < 4.78 is 26.2. The number of aldehydes is 2. The molecule has 11 heteroatoms. The zero-order valence-electron chi connectivity index (χ0n) is 26.2. The summed E-state index contributed by atoms with van der Waals surface area (Å²) in [7, 11) is 0. The van der Waals surface area contributed by atoms with Crippen LogP contribution < -0.4 is 31.2 Å². The standard InChI is InChI=1S/2C18H20FN3O.O/c2*19-15-4-6-16(7-5-15)22-18(9-12-23)13-14(8-11-21-18)17-3-1-2-10-20-17;/h2*1-7,10,12,14,21-22H,8-9,11,13H2;/q;;-2/p+2. The molecule has 47 heavy (non-hydrogen) atoms. The largest absolute Gasteiger partial charge is 2.00 e. The van der Waals surface area contributed by atoms with Crippen LogP contribution in [-0.4, -0.2) is 37.0 Å². The molecule has 4 atom stereocenters. The Balaban J connectivity index is 0.000000208. The van der Waals surface area contributed by atoms with Gasteiger partial charge in [0.1, 0.15) is 24.2 Å². The van der Waals surface area contributed by atoms with E-state index in [2.05, 4.69) is 43.4 Å². The Hall–Kier alpha value is -4.58. The number of carbonyl (C=O) groups is 2. The van der Waals surface area contributed by atoms with Gasteiger partial charge in [-0.2, -0.15) is 0 Å². The molecule has 4 heterocycles. The molecule has 0 bridgehead atoms. The number of aromatic nitrogens is 2. The Morgan fingerprint density at radius 2 is 1.06 bits per heavy atom. The monoisotopic (exact) mass is 644 g/mol. The topological polar surface area (TPSA) is 139 Å². The molecule has 6 N–H and O–H groups in total. The van der Waals surface area contributed by atoms with Gasteiger partial charge in [-0.15, -0.1) is 0 Å². The molecule has 0 saturated carbocycles. The maximum atomic E-state index is 13.1. The smallest absolute Gasteiger partial charge is 0.182 e. The predicted molar refractivity (Wildman–Crippen MR) is 174 cm³/mol. The lowest BCUT2D eigenvalue weighted by atomic mass is 9.83. The fourth-order valence-corrected chi connectivity index (χ4v) is 6.52. The zero-order chi connectivity index (χ0) is 32.2. The van der Waals surface area contributed by atoms with Crippen LogP contribution in [-0.2, 0) is 15.1 Å². The summed E-state index contributed by atoms with van der Waals surface area (Å²) in [6.07, 6.45) is 9.99. The molecule has 2 aliphatic heterocycles. The maximum absolute atomic E-state index is 13.1. The summed E-state index contributed by atoms with van der Waals surface area (Å²) in [6.45, 7) is 1.63. The second-order valence-electron chi connectivity index (χ2n) is 12.0. The van der Waals surface area contributed by atoms with Crippen molar-refractivity contribution in [1.82, 2.24) is 10.6 Å². The summed E-state index contributed by atoms with van der Waals surface area (Å²) in [5.41, 5.74) is 2.94. The Labute approximate surface area is 273 Å². The highest BCUT2D eigenvalue weighted by Gasteiger charge is 2.39. The van der Waals surface area contributed by atoms with Gasteiger partial charge in [0.15, 0.2) is 23.8 Å². The van der Waals surface area contributed by atoms with E-state index in [1.54, 1.807) is 24.3 Å². The first-order valence-electron chi connectivity index (χ1n) is 15.8. The molecule has 2 aromatic carbocycles. The Morgan fingerprint density at radius 3 is 1.40 bits per heavy atom. The highest BCUT2D eigenvalue weighted by molar-refractivity contribution is 5.56. The van der Waals surface area contributed by atoms with Crippen LogP contribution in [0.2, 0.25) is 0 Å². The van der Waals surface area contributed by atoms with Crippen molar-refractivity contribution in [2.75, 3.05) is 23.7 Å². The minimum Gasteiger partial charge on any atom is -2.00 e. The first kappa shape index (κ1) is 35.3. The lowest BCUT2D eigenvalue weighted by Gasteiger charge is -2.41. The summed E-state index contributed by atoms with van der Waals surface area (Å²) >= 11 is 0. The van der Waals surface area contributed by atoms with Crippen LogP contribution in [0.1, 0.15) is 61.7 Å². The van der Waals surface area contributed by atoms with Gasteiger partial charge in [-0.1, -0.05) is 12.1 Å². The predicted octanol–water partition coefficient (Wildman–Crippen LogP) is 4.89. The molecule has 0 aliphatic carbocycles. The average molecular weight is 645 g/mol. The summed E-state index contributed by atoms with van der Waals surface area (Å²) in [6, 6.07) is 24.6. The third-order valence-corrected chi connectivity index (χ3v) is 8.77. The first-order chi connectivity index (χ1) is 22.4. The van der Waals surface area contributed by atoms with Crippen LogP contribution in [0.25, 0.3) is 0 Å². The van der Waals surface area contributed by atoms with E-state index in [4.69, 9.17) is 0 Å². The SMILES string of the molecule is O=CCC1(Nc2ccc(F)cc2)CC(c2cccc[nH+]2)CCN1.O=CCC1(Nc2ccc(F)cc2)CC(c2cccc[nH+]2)CCN1.[O-2]. The normalized spacial score (nSPS) is 23.6. The molecule has 0 radical (unpaired) electrons. The number of anilines is 2. The number of benzene rings is 2. The average Bonchev–Trinajstić information content (AvgIpc) is 3.08. The van der Waals surface area contributed by atoms with E-state index in [0.717, 1.165) is 62.7 Å². The summed E-state index contributed by atoms with van der Waals surface area (Å²) in [4.78, 5) is 29.0. The minimum atomic E-state index is -0.508. The Morgan fingerprint density at radius 1 is 0.660 bits per heavy atom. The van der Waals surface area contributed by atoms with E-state index < -0.39 is 11.3 Å². The van der Waals surface area contributed by atoms with E-state index in [1.165, 1.54) is 35.7 Å². The van der Waals surface area contributed by atoms with Crippen LogP contribution >= 0.6 is 0 Å². The first-order valence-corrected chi connectivity index (χ1v) is 15.8. The minimum absolute atomic E-state index is 0. The van der Waals surface area contributed by atoms with Crippen molar-refractivity contribution in [3.8, 4) is 0 Å². The number of carbonyl (C=O) groups excluding carboxylic acids is 2. The molecular formula is C36H42F2N6O3. The molecule has 0 spiro atoms. The van der Waals surface area contributed by atoms with Crippen molar-refractivity contribution in [3.05, 3.63) is 120 Å². The van der Waals surface area contributed by atoms with E-state index in [-0.39, 0.29) is 17.1 Å². The van der Waals surface area contributed by atoms with Gasteiger partial charge >= 0.3 is 0 Å². The third-order valence-electron chi connectivity index (χ3n) is 8.77. The van der Waals surface area contributed by atoms with Crippen LogP contribution in [0.15, 0.2) is 97.3 Å². The van der Waals surface area contributed by atoms with Crippen molar-refractivity contribution < 1.29 is 33.8 Å². The molecule has 4 unspecified atom stereocenters. The van der Waals surface area contributed by atoms with Gasteiger partial charge in [0.25, 0.3) is 0 Å². The summed E-state index contributed by atoms with van der Waals surface area (Å²) in [5.74, 6) is 0.136. The fraction of sp³-hybridized carbons (Fsp3) is 0.333. The number of H-pyrrole nitrogens is 2. The Kier molecular flexibility index (Phi) is 12.6. The van der Waals surface area contributed by atoms with E-state index in [9.17, 15) is 18.4 Å². The van der Waals surface area contributed by atoms with Crippen molar-refractivity contribution in [2.45, 2.75) is 61.7 Å². The van der Waals surface area contributed by atoms with E-state index >= 15 is 0 Å². The number of hydrogen-bond donors (Lipinski definition) is 4. The van der Waals surface area contributed by atoms with Gasteiger partial charge in [0, 0.05) is 60.3 Å². The maximum Gasteiger partial charge on any atom is 0.182 e. The van der Waals surface area contributed by atoms with E-state index in [1.807, 2.05) is 36.7 Å². The number of halogens is 2. The van der Waals surface area contributed by atoms with Crippen LogP contribution in [0.4, 0.5) is 20.2 Å². The van der Waals surface area contributed by atoms with Crippen molar-refractivity contribution in [2.24, 2.45) is 0 Å². The second-order valence-corrected chi connectivity index (χ2v) is 12.0. The van der Waals surface area contributed by atoms with Crippen molar-refractivity contribution in [1.29, 1.82) is 0 Å². The van der Waals surface area contributed by atoms with Gasteiger partial charge in [-0.3, -0.25) is 10.6 Å². The molecule has 4 aromatic rings. The molecule has 6 rings (SSSR count). The van der Waals surface area contributed by atoms with Crippen molar-refractivity contribution in [3.63, 3.8) is 0 Å². The van der Waals surface area contributed by atoms with Crippen LogP contribution in [0.5, 0.6) is 0 Å². The molecule has 248 valence electrons. The lowest BCUT2D eigenvalue weighted by molar-refractivity contribution is -0.394. The zero-order valence-corrected chi connectivity index (χ0v) is 26.2. The molecule has 2 aliphatic rings. The van der Waals surface area contributed by atoms with Gasteiger partial charge in [0.05, 0.1) is 11.3 Å². The molecule has 2 saturated heterocycles. The number of nitrogens with one attached hydrogen (secondary N) is 6. The van der Waals surface area contributed by atoms with E-state index in [0.29, 0.717) is 24.7 Å². The third kappa shape index (κ3) is 9.71. The quantitative estimate of drug-likeness (QED) is 0.181. The lowest BCUT2D eigenvalue weighted by Crippen LogP contribution is -2.56. The number of aromatic amines is 2. The van der Waals surface area contributed by atoms with Gasteiger partial charge in [0.2, 0.25) is 0 Å². The van der Waals surface area contributed by atoms with Crippen LogP contribution in [0.3, 0.4) is 0 Å². The molecule has 0 amide bonds. The molecule has 9 nitrogen and oxygen atoms in total. The van der Waals surface area contributed by atoms with Gasteiger partial charge in [-0.25, -0.2) is 18.7 Å². The summed E-state index contributed by atoms with van der Waals surface area (Å²) in [5, 5.41) is 13.7. The number of piperidine rings is 2. The highest BCUT2D eigenvalue weighted by atomic mass is 19.1. The van der Waals surface area contributed by atoms with Crippen LogP contribution in [0, 0.1) is 11.6 Å². The molecule has 2 fully saturated rings. The fourth-order valence-electron chi connectivity index (χ4n) is 6.52. The van der Waals surface area contributed by atoms with Gasteiger partial charge < -0.3 is 25.7 Å². The van der Waals surface area contributed by atoms with Crippen molar-refractivity contribution >= 4 is 23.9 Å². The second kappa shape index (κ2) is 16.8. The molecular weight excluding hydrogens is 602 g/mol. The van der Waals surface area contributed by atoms with Gasteiger partial charge in [-0.05, 0) is 87.3 Å². The Bertz CT molecular complexity index is 1420. The highest BCUT2D eigenvalue weighted by Crippen LogP contribution is 2.34. The number of rotatable bonds is 10.